The fourth-order valence-electron chi connectivity index (χ4n) is 2.69. The molecule has 0 atom stereocenters. The topological polar surface area (TPSA) is 64.7 Å². The standard InChI is InChI=1S/C22H17F3N2O3/c1-14-4-3-5-19(15(14)2)26-13-16-6-9-18(10-7-16)30-21-11-8-17(22(23,24)25)12-20(21)27(28)29/h3-13H,1-2H3. The first-order valence-corrected chi connectivity index (χ1v) is 8.89. The minimum Gasteiger partial charge on any atom is -0.450 e. The highest BCUT2D eigenvalue weighted by atomic mass is 19.4. The molecule has 3 aromatic carbocycles. The molecular formula is C22H17F3N2O3. The Balaban J connectivity index is 1.80. The van der Waals surface area contributed by atoms with Crippen LogP contribution in [0.1, 0.15) is 22.3 Å². The highest BCUT2D eigenvalue weighted by Gasteiger charge is 2.33. The number of ether oxygens (including phenoxy) is 1. The third kappa shape index (κ3) is 4.83. The van der Waals surface area contributed by atoms with Gasteiger partial charge in [0.25, 0.3) is 0 Å². The first-order valence-electron chi connectivity index (χ1n) is 8.89. The van der Waals surface area contributed by atoms with E-state index in [-0.39, 0.29) is 11.5 Å². The number of benzene rings is 3. The summed E-state index contributed by atoms with van der Waals surface area (Å²) in [4.78, 5) is 14.7. The number of aliphatic imine (C=N–C) groups is 1. The largest absolute Gasteiger partial charge is 0.450 e. The van der Waals surface area contributed by atoms with Gasteiger partial charge in [-0.1, -0.05) is 12.1 Å². The van der Waals surface area contributed by atoms with Gasteiger partial charge in [-0.2, -0.15) is 13.2 Å². The third-order valence-electron chi connectivity index (χ3n) is 4.52. The van der Waals surface area contributed by atoms with Crippen molar-refractivity contribution < 1.29 is 22.8 Å². The molecule has 0 aliphatic carbocycles. The molecule has 0 saturated heterocycles. The summed E-state index contributed by atoms with van der Waals surface area (Å²) < 4.78 is 43.8. The number of halogens is 3. The van der Waals surface area contributed by atoms with Crippen molar-refractivity contribution in [2.24, 2.45) is 4.99 Å². The molecular weight excluding hydrogens is 397 g/mol. The molecule has 8 heteroatoms. The van der Waals surface area contributed by atoms with Crippen LogP contribution in [0, 0.1) is 24.0 Å². The lowest BCUT2D eigenvalue weighted by Gasteiger charge is -2.10. The van der Waals surface area contributed by atoms with Gasteiger partial charge in [-0.3, -0.25) is 15.1 Å². The van der Waals surface area contributed by atoms with Crippen molar-refractivity contribution in [3.63, 3.8) is 0 Å². The molecule has 0 unspecified atom stereocenters. The molecule has 0 aromatic heterocycles. The number of nitro groups is 1. The van der Waals surface area contributed by atoms with Gasteiger partial charge in [0.2, 0.25) is 5.75 Å². The van der Waals surface area contributed by atoms with E-state index in [4.69, 9.17) is 4.74 Å². The smallest absolute Gasteiger partial charge is 0.416 e. The van der Waals surface area contributed by atoms with Gasteiger partial charge in [0.15, 0.2) is 0 Å². The summed E-state index contributed by atoms with van der Waals surface area (Å²) in [5.74, 6) is -0.0217. The molecule has 0 amide bonds. The number of aryl methyl sites for hydroxylation is 1. The maximum atomic E-state index is 12.8. The molecule has 3 rings (SSSR count). The summed E-state index contributed by atoms with van der Waals surface area (Å²) >= 11 is 0. The van der Waals surface area contributed by atoms with Gasteiger partial charge < -0.3 is 4.74 Å². The van der Waals surface area contributed by atoms with Crippen molar-refractivity contribution >= 4 is 17.6 Å². The van der Waals surface area contributed by atoms with Crippen LogP contribution in [0.3, 0.4) is 0 Å². The average molecular weight is 414 g/mol. The minimum atomic E-state index is -4.68. The van der Waals surface area contributed by atoms with Crippen LogP contribution in [0.15, 0.2) is 65.7 Å². The molecule has 0 spiro atoms. The first kappa shape index (κ1) is 21.0. The Morgan fingerprint density at radius 2 is 1.73 bits per heavy atom. The average Bonchev–Trinajstić information content (AvgIpc) is 2.69. The van der Waals surface area contributed by atoms with Gasteiger partial charge in [0.05, 0.1) is 16.2 Å². The van der Waals surface area contributed by atoms with Gasteiger partial charge in [-0.15, -0.1) is 0 Å². The lowest BCUT2D eigenvalue weighted by atomic mass is 10.1. The van der Waals surface area contributed by atoms with Crippen molar-refractivity contribution in [2.45, 2.75) is 20.0 Å². The van der Waals surface area contributed by atoms with Crippen LogP contribution in [-0.4, -0.2) is 11.1 Å². The zero-order valence-electron chi connectivity index (χ0n) is 16.1. The quantitative estimate of drug-likeness (QED) is 0.263. The second-order valence-corrected chi connectivity index (χ2v) is 6.59. The maximum absolute atomic E-state index is 12.8. The van der Waals surface area contributed by atoms with Crippen molar-refractivity contribution in [3.05, 3.63) is 93.0 Å². The fourth-order valence-corrected chi connectivity index (χ4v) is 2.69. The van der Waals surface area contributed by atoms with Crippen molar-refractivity contribution in [2.75, 3.05) is 0 Å². The lowest BCUT2D eigenvalue weighted by molar-refractivity contribution is -0.385. The zero-order valence-corrected chi connectivity index (χ0v) is 16.1. The summed E-state index contributed by atoms with van der Waals surface area (Å²) in [6.07, 6.45) is -3.01. The molecule has 0 radical (unpaired) electrons. The van der Waals surface area contributed by atoms with Crippen LogP contribution in [0.25, 0.3) is 0 Å². The van der Waals surface area contributed by atoms with Crippen LogP contribution in [-0.2, 0) is 6.18 Å². The van der Waals surface area contributed by atoms with Crippen LogP contribution in [0.2, 0.25) is 0 Å². The molecule has 0 fully saturated rings. The van der Waals surface area contributed by atoms with E-state index in [0.29, 0.717) is 6.07 Å². The predicted molar refractivity (Wildman–Crippen MR) is 108 cm³/mol. The van der Waals surface area contributed by atoms with E-state index in [9.17, 15) is 23.3 Å². The second-order valence-electron chi connectivity index (χ2n) is 6.59. The van der Waals surface area contributed by atoms with Crippen LogP contribution in [0.4, 0.5) is 24.5 Å². The number of rotatable bonds is 5. The van der Waals surface area contributed by atoms with Gasteiger partial charge in [0.1, 0.15) is 5.75 Å². The van der Waals surface area contributed by atoms with E-state index in [2.05, 4.69) is 4.99 Å². The molecule has 0 heterocycles. The Bertz CT molecular complexity index is 1110. The fraction of sp³-hybridized carbons (Fsp3) is 0.136. The minimum absolute atomic E-state index is 0.252. The summed E-state index contributed by atoms with van der Waals surface area (Å²) in [7, 11) is 0. The van der Waals surface area contributed by atoms with Crippen molar-refractivity contribution in [1.82, 2.24) is 0 Å². The van der Waals surface area contributed by atoms with Crippen molar-refractivity contribution in [3.8, 4) is 11.5 Å². The van der Waals surface area contributed by atoms with E-state index in [1.165, 1.54) is 0 Å². The SMILES string of the molecule is Cc1cccc(N=Cc2ccc(Oc3ccc(C(F)(F)F)cc3[N+](=O)[O-])cc2)c1C. The van der Waals surface area contributed by atoms with Gasteiger partial charge in [-0.25, -0.2) is 0 Å². The molecule has 30 heavy (non-hydrogen) atoms. The summed E-state index contributed by atoms with van der Waals surface area (Å²) in [6, 6.07) is 14.5. The molecule has 0 bridgehead atoms. The van der Waals surface area contributed by atoms with E-state index in [1.54, 1.807) is 30.5 Å². The number of nitro benzene ring substituents is 1. The number of hydrogen-bond acceptors (Lipinski definition) is 4. The molecule has 154 valence electrons. The maximum Gasteiger partial charge on any atom is 0.416 e. The molecule has 0 aliphatic heterocycles. The molecule has 3 aromatic rings. The van der Waals surface area contributed by atoms with Crippen LogP contribution in [0.5, 0.6) is 11.5 Å². The Kier molecular flexibility index (Phi) is 5.86. The predicted octanol–water partition coefficient (Wildman–Crippen LogP) is 6.77. The Labute approximate surface area is 170 Å². The molecule has 5 nitrogen and oxygen atoms in total. The van der Waals surface area contributed by atoms with Crippen LogP contribution >= 0.6 is 0 Å². The Hall–Kier alpha value is -3.68. The normalized spacial score (nSPS) is 11.6. The number of nitrogens with zero attached hydrogens (tertiary/aromatic N) is 2. The molecule has 0 saturated carbocycles. The van der Waals surface area contributed by atoms with Gasteiger partial charge in [-0.05, 0) is 73.0 Å². The van der Waals surface area contributed by atoms with E-state index in [0.717, 1.165) is 34.5 Å². The van der Waals surface area contributed by atoms with E-state index >= 15 is 0 Å². The highest BCUT2D eigenvalue weighted by molar-refractivity contribution is 5.82. The van der Waals surface area contributed by atoms with Crippen molar-refractivity contribution in [1.29, 1.82) is 0 Å². The summed E-state index contributed by atoms with van der Waals surface area (Å²) in [5.41, 5.74) is 1.95. The number of hydrogen-bond donors (Lipinski definition) is 0. The summed E-state index contributed by atoms with van der Waals surface area (Å²) in [5, 5.41) is 11.2. The Morgan fingerprint density at radius 1 is 1.03 bits per heavy atom. The second kappa shape index (κ2) is 8.36. The monoisotopic (exact) mass is 414 g/mol. The third-order valence-corrected chi connectivity index (χ3v) is 4.52. The molecule has 0 aliphatic rings. The Morgan fingerprint density at radius 3 is 2.37 bits per heavy atom. The lowest BCUT2D eigenvalue weighted by Crippen LogP contribution is -2.06. The van der Waals surface area contributed by atoms with E-state index < -0.39 is 22.4 Å². The van der Waals surface area contributed by atoms with Crippen LogP contribution < -0.4 is 4.74 Å². The first-order chi connectivity index (χ1) is 14.1. The van der Waals surface area contributed by atoms with E-state index in [1.807, 2.05) is 32.0 Å². The summed E-state index contributed by atoms with van der Waals surface area (Å²) in [6.45, 7) is 3.98. The molecule has 0 N–H and O–H groups in total. The van der Waals surface area contributed by atoms with Gasteiger partial charge >= 0.3 is 11.9 Å². The number of alkyl halides is 3. The zero-order chi connectivity index (χ0) is 21.9. The highest BCUT2D eigenvalue weighted by Crippen LogP contribution is 2.37. The van der Waals surface area contributed by atoms with Gasteiger partial charge in [0, 0.05) is 12.3 Å².